The van der Waals surface area contributed by atoms with Gasteiger partial charge in [-0.1, -0.05) is 6.07 Å². The van der Waals surface area contributed by atoms with Crippen LogP contribution in [0.1, 0.15) is 16.8 Å². The molecule has 1 unspecified atom stereocenters. The van der Waals surface area contributed by atoms with Crippen LogP contribution in [0.5, 0.6) is 0 Å². The first-order chi connectivity index (χ1) is 13.1. The van der Waals surface area contributed by atoms with Crippen LogP contribution in [0.15, 0.2) is 40.2 Å². The van der Waals surface area contributed by atoms with Gasteiger partial charge in [0.25, 0.3) is 5.56 Å². The molecule has 0 saturated carbocycles. The summed E-state index contributed by atoms with van der Waals surface area (Å²) in [5.41, 5.74) is 11.0. The topological polar surface area (TPSA) is 124 Å². The number of pyridine rings is 1. The minimum absolute atomic E-state index is 0.281. The van der Waals surface area contributed by atoms with Gasteiger partial charge in [0.15, 0.2) is 11.8 Å². The van der Waals surface area contributed by atoms with Crippen LogP contribution in [-0.4, -0.2) is 45.9 Å². The molecule has 0 amide bonds. The van der Waals surface area contributed by atoms with Crippen LogP contribution in [0.3, 0.4) is 0 Å². The van der Waals surface area contributed by atoms with Gasteiger partial charge in [0.2, 0.25) is 0 Å². The van der Waals surface area contributed by atoms with Gasteiger partial charge in [-0.25, -0.2) is 9.78 Å². The number of fused-ring (bicyclic) bond motifs is 1. The summed E-state index contributed by atoms with van der Waals surface area (Å²) in [6.07, 6.45) is 4.45. The van der Waals surface area contributed by atoms with Crippen LogP contribution < -0.4 is 11.2 Å². The number of aromatic nitrogens is 3. The van der Waals surface area contributed by atoms with Crippen molar-refractivity contribution >= 4 is 18.5 Å². The molecule has 13 heteroatoms. The predicted octanol–water partition coefficient (Wildman–Crippen LogP) is 1.43. The molecule has 1 aliphatic rings. The van der Waals surface area contributed by atoms with Crippen LogP contribution in [-0.2, 0) is 11.2 Å². The summed E-state index contributed by atoms with van der Waals surface area (Å²) in [6.45, 7) is 0. The number of hydrogen-bond donors (Lipinski definition) is 2. The highest BCUT2D eigenvalue weighted by molar-refractivity contribution is 6.50. The zero-order valence-electron chi connectivity index (χ0n) is 14.3. The van der Waals surface area contributed by atoms with E-state index in [-0.39, 0.29) is 6.42 Å². The number of methoxy groups -OCH3 is 1. The average Bonchev–Trinajstić information content (AvgIpc) is 2.62. The van der Waals surface area contributed by atoms with Gasteiger partial charge in [-0.05, 0) is 17.7 Å². The lowest BCUT2D eigenvalue weighted by Gasteiger charge is -2.19. The van der Waals surface area contributed by atoms with Crippen molar-refractivity contribution in [3.05, 3.63) is 73.8 Å². The van der Waals surface area contributed by atoms with Gasteiger partial charge < -0.3 is 32.5 Å². The van der Waals surface area contributed by atoms with Crippen molar-refractivity contribution in [2.45, 2.75) is 12.5 Å². The quantitative estimate of drug-likeness (QED) is 0.351. The second-order valence-corrected chi connectivity index (χ2v) is 5.50. The summed E-state index contributed by atoms with van der Waals surface area (Å²) in [5, 5.41) is 0. The maximum atomic E-state index is 11.9. The Hall–Kier alpha value is -3.31. The minimum Gasteiger partial charge on any atom is -0.418 e. The molecule has 0 bridgehead atoms. The van der Waals surface area contributed by atoms with Gasteiger partial charge in [0.1, 0.15) is 0 Å². The molecule has 3 rings (SSSR count). The lowest BCUT2D eigenvalue weighted by Crippen LogP contribution is -2.30. The molecule has 2 N–H and O–H groups in total. The molecule has 0 aromatic carbocycles. The molecule has 28 heavy (non-hydrogen) atoms. The fraction of sp³-hybridized carbons (Fsp3) is 0.200. The van der Waals surface area contributed by atoms with Crippen molar-refractivity contribution in [1.82, 2.24) is 15.0 Å². The monoisotopic (exact) mass is 398 g/mol. The Balaban J connectivity index is 0.000000500. The maximum Gasteiger partial charge on any atom is 0.673 e. The Morgan fingerprint density at radius 1 is 1.32 bits per heavy atom. The molecule has 1 atom stereocenters. The minimum atomic E-state index is -6.00. The summed E-state index contributed by atoms with van der Waals surface area (Å²) >= 11 is 0. The zero-order valence-corrected chi connectivity index (χ0v) is 14.3. The highest BCUT2D eigenvalue weighted by atomic mass is 19.5. The summed E-state index contributed by atoms with van der Waals surface area (Å²) in [7, 11) is -4.51. The first-order valence-electron chi connectivity index (χ1n) is 7.73. The Morgan fingerprint density at radius 2 is 2.00 bits per heavy atom. The van der Waals surface area contributed by atoms with Crippen LogP contribution in [0, 0.1) is 0 Å². The molecule has 1 aliphatic carbocycles. The second kappa shape index (κ2) is 8.59. The number of halogens is 4. The molecule has 2 heterocycles. The summed E-state index contributed by atoms with van der Waals surface area (Å²) in [6, 6.07) is 3.58. The Kier molecular flexibility index (Phi) is 6.44. The first-order valence-corrected chi connectivity index (χ1v) is 7.73. The van der Waals surface area contributed by atoms with Crippen LogP contribution in [0.25, 0.3) is 11.1 Å². The van der Waals surface area contributed by atoms with Crippen molar-refractivity contribution in [1.29, 1.82) is 0 Å². The largest absolute Gasteiger partial charge is 0.673 e. The van der Waals surface area contributed by atoms with E-state index >= 15 is 0 Å². The van der Waals surface area contributed by atoms with Crippen molar-refractivity contribution in [3.8, 4) is 0 Å². The summed E-state index contributed by atoms with van der Waals surface area (Å²) in [4.78, 5) is 35.2. The molecule has 0 spiro atoms. The van der Waals surface area contributed by atoms with Gasteiger partial charge in [-0.15, -0.1) is 0 Å². The molecule has 0 radical (unpaired) electrons. The van der Waals surface area contributed by atoms with E-state index in [0.29, 0.717) is 17.0 Å². The summed E-state index contributed by atoms with van der Waals surface area (Å²) < 4.78 is 44.3. The molecule has 2 aromatic heterocycles. The van der Waals surface area contributed by atoms with Crippen LogP contribution >= 0.6 is 0 Å². The molecule has 8 nitrogen and oxygen atoms in total. The number of aromatic amines is 2. The molecule has 0 aliphatic heterocycles. The van der Waals surface area contributed by atoms with Crippen LogP contribution in [0.2, 0.25) is 0 Å². The highest BCUT2D eigenvalue weighted by Crippen LogP contribution is 2.27. The SMILES string of the molecule is COC1C=C(Cc2c[nH]c(=O)[nH]c2=O)c2cccnc2C1=[N+]=[N-].F[B-](F)(F)F. The van der Waals surface area contributed by atoms with E-state index in [4.69, 9.17) is 4.74 Å². The number of nitrogens with zero attached hydrogens (tertiary/aromatic N) is 3. The van der Waals surface area contributed by atoms with E-state index in [1.54, 1.807) is 18.3 Å². The van der Waals surface area contributed by atoms with E-state index < -0.39 is 24.6 Å². The highest BCUT2D eigenvalue weighted by Gasteiger charge is 2.33. The maximum absolute atomic E-state index is 11.9. The molecular weight excluding hydrogens is 385 g/mol. The zero-order chi connectivity index (χ0) is 20.9. The Labute approximate surface area is 154 Å². The normalized spacial score (nSPS) is 15.7. The van der Waals surface area contributed by atoms with Crippen molar-refractivity contribution < 1.29 is 26.8 Å². The number of allylic oxidation sites excluding steroid dienone is 1. The Morgan fingerprint density at radius 3 is 2.57 bits per heavy atom. The third-order valence-electron chi connectivity index (χ3n) is 3.66. The van der Waals surface area contributed by atoms with E-state index in [1.165, 1.54) is 13.3 Å². The standard InChI is InChI=1S/C15H13N5O3.BF4/c1-23-11-6-8(5-9-7-18-15(22)19-14(9)21)10-3-2-4-17-12(10)13(11)20-16;2-1(3,4)5/h2-4,6-7,11H,5H2,1H3,(H2,18,19,21,22);/q;-1. The molecular formula is C15H13BF4N5O3-. The van der Waals surface area contributed by atoms with E-state index in [9.17, 15) is 32.4 Å². The smallest absolute Gasteiger partial charge is 0.418 e. The van der Waals surface area contributed by atoms with E-state index in [0.717, 1.165) is 11.1 Å². The fourth-order valence-corrected chi connectivity index (χ4v) is 2.57. The number of rotatable bonds is 3. The third kappa shape index (κ3) is 5.35. The van der Waals surface area contributed by atoms with Gasteiger partial charge in [-0.3, -0.25) is 9.78 Å². The number of H-pyrrole nitrogens is 2. The Bertz CT molecular complexity index is 1050. The lowest BCUT2D eigenvalue weighted by molar-refractivity contribution is -0.0196. The van der Waals surface area contributed by atoms with Crippen molar-refractivity contribution in [2.75, 3.05) is 7.11 Å². The lowest BCUT2D eigenvalue weighted by atomic mass is 9.88. The first kappa shape index (κ1) is 21.0. The molecule has 2 aromatic rings. The predicted molar refractivity (Wildman–Crippen MR) is 92.3 cm³/mol. The molecule has 148 valence electrons. The molecule has 0 saturated heterocycles. The second-order valence-electron chi connectivity index (χ2n) is 5.50. The van der Waals surface area contributed by atoms with Crippen LogP contribution in [0.4, 0.5) is 17.3 Å². The van der Waals surface area contributed by atoms with E-state index in [2.05, 4.69) is 19.7 Å². The number of ether oxygens (including phenoxy) is 1. The van der Waals surface area contributed by atoms with Gasteiger partial charge in [-0.2, -0.15) is 4.79 Å². The van der Waals surface area contributed by atoms with Crippen molar-refractivity contribution in [3.63, 3.8) is 0 Å². The third-order valence-corrected chi connectivity index (χ3v) is 3.66. The van der Waals surface area contributed by atoms with E-state index in [1.807, 2.05) is 6.07 Å². The number of hydrogen-bond acceptors (Lipinski definition) is 4. The number of nitrogens with one attached hydrogen (secondary N) is 2. The van der Waals surface area contributed by atoms with Crippen molar-refractivity contribution in [2.24, 2.45) is 0 Å². The van der Waals surface area contributed by atoms with Gasteiger partial charge in [0, 0.05) is 37.1 Å². The van der Waals surface area contributed by atoms with Gasteiger partial charge in [0.05, 0.1) is 0 Å². The summed E-state index contributed by atoms with van der Waals surface area (Å²) in [5.74, 6) is 0. The van der Waals surface area contributed by atoms with Gasteiger partial charge >= 0.3 is 18.7 Å². The fourth-order valence-electron chi connectivity index (χ4n) is 2.57. The average molecular weight is 398 g/mol. The molecule has 0 fully saturated rings.